The Bertz CT molecular complexity index is 690. The lowest BCUT2D eigenvalue weighted by Crippen LogP contribution is -2.26. The first-order chi connectivity index (χ1) is 9.92. The molecular formula is C15H19NO3S2. The molecule has 21 heavy (non-hydrogen) atoms. The largest absolute Gasteiger partial charge is 0.494 e. The Kier molecular flexibility index (Phi) is 5.03. The van der Waals surface area contributed by atoms with Crippen molar-refractivity contribution in [3.05, 3.63) is 46.8 Å². The van der Waals surface area contributed by atoms with Crippen molar-refractivity contribution < 1.29 is 13.2 Å². The summed E-state index contributed by atoms with van der Waals surface area (Å²) in [6, 6.07) is 10.6. The van der Waals surface area contributed by atoms with Crippen LogP contribution in [0.2, 0.25) is 0 Å². The summed E-state index contributed by atoms with van der Waals surface area (Å²) in [5, 5.41) is 0. The second-order valence-electron chi connectivity index (χ2n) is 4.71. The van der Waals surface area contributed by atoms with Crippen molar-refractivity contribution >= 4 is 21.4 Å². The molecule has 0 amide bonds. The molecule has 0 aliphatic carbocycles. The maximum Gasteiger partial charge on any atom is 0.250 e. The van der Waals surface area contributed by atoms with Gasteiger partial charge in [-0.3, -0.25) is 0 Å². The summed E-state index contributed by atoms with van der Waals surface area (Å²) >= 11 is 1.27. The van der Waals surface area contributed by atoms with E-state index >= 15 is 0 Å². The van der Waals surface area contributed by atoms with E-state index < -0.39 is 10.0 Å². The molecule has 0 aliphatic heterocycles. The predicted molar refractivity (Wildman–Crippen MR) is 85.4 cm³/mol. The zero-order chi connectivity index (χ0) is 15.5. The van der Waals surface area contributed by atoms with Gasteiger partial charge in [0.15, 0.2) is 0 Å². The normalized spacial score (nSPS) is 13.1. The van der Waals surface area contributed by atoms with Crippen molar-refractivity contribution in [3.8, 4) is 5.75 Å². The second-order valence-corrected chi connectivity index (χ2v) is 7.94. The molecule has 0 spiro atoms. The highest BCUT2D eigenvalue weighted by Gasteiger charge is 2.19. The number of rotatable bonds is 6. The van der Waals surface area contributed by atoms with Crippen LogP contribution >= 0.6 is 11.3 Å². The number of thiophene rings is 1. The van der Waals surface area contributed by atoms with E-state index in [1.54, 1.807) is 12.1 Å². The van der Waals surface area contributed by atoms with Gasteiger partial charge in [-0.1, -0.05) is 12.1 Å². The molecule has 0 fully saturated rings. The van der Waals surface area contributed by atoms with Crippen molar-refractivity contribution in [1.29, 1.82) is 0 Å². The standard InChI is InChI=1S/C15H19NO3S2/c1-4-19-14-8-6-13(7-9-14)12(3)16-21(17,18)15-10-5-11(2)20-15/h5-10,12,16H,4H2,1-3H3. The number of hydrogen-bond acceptors (Lipinski definition) is 4. The third kappa shape index (κ3) is 4.06. The summed E-state index contributed by atoms with van der Waals surface area (Å²) in [6.45, 7) is 6.25. The monoisotopic (exact) mass is 325 g/mol. The van der Waals surface area contributed by atoms with Crippen LogP contribution in [-0.4, -0.2) is 15.0 Å². The number of benzene rings is 1. The molecule has 1 aromatic heterocycles. The van der Waals surface area contributed by atoms with Gasteiger partial charge in [-0.05, 0) is 50.6 Å². The van der Waals surface area contributed by atoms with E-state index in [4.69, 9.17) is 4.74 Å². The summed E-state index contributed by atoms with van der Waals surface area (Å²) in [7, 11) is -3.47. The molecule has 0 saturated heterocycles. The minimum absolute atomic E-state index is 0.298. The van der Waals surface area contributed by atoms with E-state index in [2.05, 4.69) is 4.72 Å². The third-order valence-electron chi connectivity index (χ3n) is 3.00. The minimum Gasteiger partial charge on any atom is -0.494 e. The first-order valence-electron chi connectivity index (χ1n) is 6.74. The summed E-state index contributed by atoms with van der Waals surface area (Å²) in [4.78, 5) is 0.976. The van der Waals surface area contributed by atoms with Gasteiger partial charge in [-0.2, -0.15) is 0 Å². The van der Waals surface area contributed by atoms with E-state index in [9.17, 15) is 8.42 Å². The number of aryl methyl sites for hydroxylation is 1. The van der Waals surface area contributed by atoms with Gasteiger partial charge in [0.25, 0.3) is 10.0 Å². The average molecular weight is 325 g/mol. The van der Waals surface area contributed by atoms with Gasteiger partial charge in [0.1, 0.15) is 9.96 Å². The smallest absolute Gasteiger partial charge is 0.250 e. The van der Waals surface area contributed by atoms with Crippen molar-refractivity contribution in [1.82, 2.24) is 4.72 Å². The van der Waals surface area contributed by atoms with Gasteiger partial charge < -0.3 is 4.74 Å². The lowest BCUT2D eigenvalue weighted by molar-refractivity contribution is 0.340. The molecule has 0 bridgehead atoms. The summed E-state index contributed by atoms with van der Waals surface area (Å²) < 4.78 is 33.0. The Morgan fingerprint density at radius 3 is 2.38 bits per heavy atom. The molecule has 0 aliphatic rings. The first kappa shape index (κ1) is 16.0. The summed E-state index contributed by atoms with van der Waals surface area (Å²) in [6.07, 6.45) is 0. The van der Waals surface area contributed by atoms with Gasteiger partial charge in [0, 0.05) is 10.9 Å². The van der Waals surface area contributed by atoms with Crippen LogP contribution in [0.15, 0.2) is 40.6 Å². The van der Waals surface area contributed by atoms with Gasteiger partial charge in [0.05, 0.1) is 6.61 Å². The Hall–Kier alpha value is -1.37. The van der Waals surface area contributed by atoms with Crippen LogP contribution in [0, 0.1) is 6.92 Å². The van der Waals surface area contributed by atoms with E-state index in [0.29, 0.717) is 10.8 Å². The van der Waals surface area contributed by atoms with Gasteiger partial charge in [0.2, 0.25) is 0 Å². The molecule has 2 rings (SSSR count). The van der Waals surface area contributed by atoms with Crippen LogP contribution in [0.4, 0.5) is 0 Å². The molecule has 6 heteroatoms. The second kappa shape index (κ2) is 6.60. The van der Waals surface area contributed by atoms with Crippen LogP contribution in [0.1, 0.15) is 30.3 Å². The molecule has 0 saturated carbocycles. The van der Waals surface area contributed by atoms with Crippen LogP contribution < -0.4 is 9.46 Å². The molecule has 1 N–H and O–H groups in total. The summed E-state index contributed by atoms with van der Waals surface area (Å²) in [5.74, 6) is 0.783. The number of nitrogens with one attached hydrogen (secondary N) is 1. The fourth-order valence-electron chi connectivity index (χ4n) is 1.93. The molecule has 4 nitrogen and oxygen atoms in total. The Balaban J connectivity index is 2.11. The van der Waals surface area contributed by atoms with E-state index in [0.717, 1.165) is 16.2 Å². The number of ether oxygens (including phenoxy) is 1. The Labute approximate surface area is 129 Å². The minimum atomic E-state index is -3.47. The molecule has 1 atom stereocenters. The van der Waals surface area contributed by atoms with Crippen LogP contribution in [0.5, 0.6) is 5.75 Å². The third-order valence-corrected chi connectivity index (χ3v) is 6.04. The molecule has 0 radical (unpaired) electrons. The Morgan fingerprint density at radius 2 is 1.86 bits per heavy atom. The van der Waals surface area contributed by atoms with Crippen LogP contribution in [0.25, 0.3) is 0 Å². The molecule has 2 aromatic rings. The molecule has 1 heterocycles. The fraction of sp³-hybridized carbons (Fsp3) is 0.333. The number of sulfonamides is 1. The molecule has 114 valence electrons. The molecule has 1 aromatic carbocycles. The van der Waals surface area contributed by atoms with Crippen LogP contribution in [0.3, 0.4) is 0 Å². The first-order valence-corrected chi connectivity index (χ1v) is 9.04. The van der Waals surface area contributed by atoms with Gasteiger partial charge in [-0.15, -0.1) is 11.3 Å². The quantitative estimate of drug-likeness (QED) is 0.884. The molecule has 1 unspecified atom stereocenters. The maximum absolute atomic E-state index is 12.3. The van der Waals surface area contributed by atoms with Crippen molar-refractivity contribution in [3.63, 3.8) is 0 Å². The van der Waals surface area contributed by atoms with Crippen molar-refractivity contribution in [2.45, 2.75) is 31.0 Å². The zero-order valence-electron chi connectivity index (χ0n) is 12.3. The van der Waals surface area contributed by atoms with Crippen molar-refractivity contribution in [2.24, 2.45) is 0 Å². The Morgan fingerprint density at radius 1 is 1.19 bits per heavy atom. The lowest BCUT2D eigenvalue weighted by Gasteiger charge is -2.14. The van der Waals surface area contributed by atoms with E-state index in [1.165, 1.54) is 11.3 Å². The molecular weight excluding hydrogens is 306 g/mol. The maximum atomic E-state index is 12.3. The SMILES string of the molecule is CCOc1ccc(C(C)NS(=O)(=O)c2ccc(C)s2)cc1. The number of hydrogen-bond donors (Lipinski definition) is 1. The highest BCUT2D eigenvalue weighted by atomic mass is 32.2. The lowest BCUT2D eigenvalue weighted by atomic mass is 10.1. The highest BCUT2D eigenvalue weighted by molar-refractivity contribution is 7.91. The highest BCUT2D eigenvalue weighted by Crippen LogP contribution is 2.24. The predicted octanol–water partition coefficient (Wildman–Crippen LogP) is 3.49. The van der Waals surface area contributed by atoms with E-state index in [1.807, 2.05) is 45.0 Å². The fourth-order valence-corrected chi connectivity index (χ4v) is 4.47. The average Bonchev–Trinajstić information content (AvgIpc) is 2.87. The zero-order valence-corrected chi connectivity index (χ0v) is 13.9. The van der Waals surface area contributed by atoms with Crippen LogP contribution in [-0.2, 0) is 10.0 Å². The van der Waals surface area contributed by atoms with E-state index in [-0.39, 0.29) is 6.04 Å². The van der Waals surface area contributed by atoms with Gasteiger partial charge in [-0.25, -0.2) is 13.1 Å². The topological polar surface area (TPSA) is 55.4 Å². The summed E-state index contributed by atoms with van der Waals surface area (Å²) in [5.41, 5.74) is 0.898. The van der Waals surface area contributed by atoms with Gasteiger partial charge >= 0.3 is 0 Å². The van der Waals surface area contributed by atoms with Crippen molar-refractivity contribution in [2.75, 3.05) is 6.61 Å².